The zero-order chi connectivity index (χ0) is 21.6. The van der Waals surface area contributed by atoms with Crippen LogP contribution in [0.1, 0.15) is 39.2 Å². The number of carbonyl (C=O) groups is 1. The average molecular weight is 430 g/mol. The molecule has 8 heteroatoms. The van der Waals surface area contributed by atoms with Crippen LogP contribution in [0.25, 0.3) is 0 Å². The van der Waals surface area contributed by atoms with Gasteiger partial charge in [-0.25, -0.2) is 4.68 Å². The average Bonchev–Trinajstić information content (AvgIpc) is 2.70. The highest BCUT2D eigenvalue weighted by atomic mass is 35.5. The summed E-state index contributed by atoms with van der Waals surface area (Å²) in [6, 6.07) is 2.07. The number of hydrogen-bond acceptors (Lipinski definition) is 5. The van der Waals surface area contributed by atoms with E-state index in [1.54, 1.807) is 24.7 Å². The van der Waals surface area contributed by atoms with Gasteiger partial charge in [0.1, 0.15) is 11.6 Å². The van der Waals surface area contributed by atoms with Crippen LogP contribution < -0.4 is 16.2 Å². The van der Waals surface area contributed by atoms with E-state index >= 15 is 0 Å². The number of aromatic nitrogens is 3. The molecule has 2 N–H and O–H groups in total. The molecule has 5 rings (SSSR count). The van der Waals surface area contributed by atoms with Crippen molar-refractivity contribution >= 4 is 28.9 Å². The van der Waals surface area contributed by atoms with Crippen LogP contribution in [0.15, 0.2) is 29.5 Å². The third kappa shape index (κ3) is 3.60. The summed E-state index contributed by atoms with van der Waals surface area (Å²) >= 11 is 6.36. The quantitative estimate of drug-likeness (QED) is 0.756. The van der Waals surface area contributed by atoms with E-state index < -0.39 is 5.56 Å². The minimum Gasteiger partial charge on any atom is -0.379 e. The van der Waals surface area contributed by atoms with Crippen molar-refractivity contribution in [2.75, 3.05) is 10.6 Å². The maximum atomic E-state index is 12.7. The lowest BCUT2D eigenvalue weighted by molar-refractivity contribution is -0.117. The fourth-order valence-corrected chi connectivity index (χ4v) is 5.34. The minimum absolute atomic E-state index is 0.0704. The summed E-state index contributed by atoms with van der Waals surface area (Å²) < 4.78 is 1.08. The Bertz CT molecular complexity index is 1030. The maximum Gasteiger partial charge on any atom is 0.288 e. The number of pyridine rings is 1. The van der Waals surface area contributed by atoms with Gasteiger partial charge >= 0.3 is 0 Å². The van der Waals surface area contributed by atoms with Gasteiger partial charge in [-0.2, -0.15) is 5.10 Å². The van der Waals surface area contributed by atoms with Gasteiger partial charge in [0.15, 0.2) is 0 Å². The van der Waals surface area contributed by atoms with Gasteiger partial charge in [0.25, 0.3) is 5.56 Å². The van der Waals surface area contributed by atoms with Gasteiger partial charge in [-0.05, 0) is 54.6 Å². The van der Waals surface area contributed by atoms with Crippen LogP contribution in [0.5, 0.6) is 0 Å². The van der Waals surface area contributed by atoms with Crippen molar-refractivity contribution < 1.29 is 4.79 Å². The van der Waals surface area contributed by atoms with Crippen molar-refractivity contribution in [2.24, 2.45) is 23.2 Å². The Hall–Kier alpha value is -2.41. The van der Waals surface area contributed by atoms with Crippen LogP contribution in [-0.2, 0) is 11.3 Å². The first-order valence-electron chi connectivity index (χ1n) is 10.4. The Balaban J connectivity index is 1.44. The predicted molar refractivity (Wildman–Crippen MR) is 118 cm³/mol. The number of carbonyl (C=O) groups excluding carboxylic acids is 1. The highest BCUT2D eigenvalue weighted by molar-refractivity contribution is 6.32. The van der Waals surface area contributed by atoms with Crippen LogP contribution >= 0.6 is 11.6 Å². The lowest BCUT2D eigenvalue weighted by Gasteiger charge is -2.62. The predicted octanol–water partition coefficient (Wildman–Crippen LogP) is 3.72. The second kappa shape index (κ2) is 7.69. The molecule has 30 heavy (non-hydrogen) atoms. The summed E-state index contributed by atoms with van der Waals surface area (Å²) in [6.45, 7) is 8.63. The van der Waals surface area contributed by atoms with E-state index in [4.69, 9.17) is 11.6 Å². The van der Waals surface area contributed by atoms with Crippen molar-refractivity contribution in [1.29, 1.82) is 0 Å². The minimum atomic E-state index is -0.478. The van der Waals surface area contributed by atoms with E-state index in [1.807, 2.05) is 6.92 Å². The van der Waals surface area contributed by atoms with E-state index in [0.29, 0.717) is 34.5 Å². The molecule has 2 aromatic heterocycles. The normalized spacial score (nSPS) is 26.6. The molecule has 3 aliphatic carbocycles. The molecule has 0 unspecified atom stereocenters. The molecule has 0 saturated heterocycles. The lowest BCUT2D eigenvalue weighted by Crippen LogP contribution is -2.58. The Kier molecular flexibility index (Phi) is 5.34. The molecule has 0 spiro atoms. The van der Waals surface area contributed by atoms with Crippen molar-refractivity contribution in [3.63, 3.8) is 0 Å². The summed E-state index contributed by atoms with van der Waals surface area (Å²) in [5, 5.41) is 10.4. The number of rotatable bonds is 5. The third-order valence-electron chi connectivity index (χ3n) is 7.29. The third-order valence-corrected chi connectivity index (χ3v) is 7.65. The molecule has 2 bridgehead atoms. The Labute approximate surface area is 181 Å². The van der Waals surface area contributed by atoms with Crippen molar-refractivity contribution in [2.45, 2.75) is 53.1 Å². The van der Waals surface area contributed by atoms with Gasteiger partial charge in [0.2, 0.25) is 5.91 Å². The van der Waals surface area contributed by atoms with Crippen molar-refractivity contribution in [3.8, 4) is 0 Å². The van der Waals surface area contributed by atoms with Gasteiger partial charge in [0.05, 0.1) is 23.8 Å². The molecule has 3 aliphatic rings. The molecular weight excluding hydrogens is 402 g/mol. The molecule has 0 radical (unpaired) electrons. The fourth-order valence-electron chi connectivity index (χ4n) is 5.14. The number of aryl methyl sites for hydroxylation is 1. The van der Waals surface area contributed by atoms with Crippen LogP contribution in [0.3, 0.4) is 0 Å². The number of hydrogen-bond donors (Lipinski definition) is 2. The first-order chi connectivity index (χ1) is 14.2. The summed E-state index contributed by atoms with van der Waals surface area (Å²) in [5.74, 6) is 1.51. The Morgan fingerprint density at radius 2 is 2.07 bits per heavy atom. The van der Waals surface area contributed by atoms with Gasteiger partial charge in [-0.3, -0.25) is 14.6 Å². The zero-order valence-corrected chi connectivity index (χ0v) is 18.5. The molecule has 160 valence electrons. The second-order valence-corrected chi connectivity index (χ2v) is 9.66. The summed E-state index contributed by atoms with van der Waals surface area (Å²) in [5.41, 5.74) is 1.95. The zero-order valence-electron chi connectivity index (χ0n) is 17.8. The standard InChI is InChI=1S/C22H28ClN5O2/c1-12-5-6-24-9-17(12)27-19(29)11-28-21(30)20(23)18(10-25-28)26-16-8-14-7-15(13(16)2)22(14,3)4/h5-6,9-10,13-16,26H,7-8,11H2,1-4H3,(H,27,29)/t13-,14+,15-,16-/m1/s1. The van der Waals surface area contributed by atoms with Crippen molar-refractivity contribution in [3.05, 3.63) is 45.6 Å². The summed E-state index contributed by atoms with van der Waals surface area (Å²) in [6.07, 6.45) is 7.12. The maximum absolute atomic E-state index is 12.7. The monoisotopic (exact) mass is 429 g/mol. The molecule has 3 saturated carbocycles. The first kappa shape index (κ1) is 20.8. The number of anilines is 2. The van der Waals surface area contributed by atoms with Crippen LogP contribution in [0.4, 0.5) is 11.4 Å². The first-order valence-corrected chi connectivity index (χ1v) is 10.8. The molecule has 0 aliphatic heterocycles. The molecule has 3 fully saturated rings. The number of halogens is 1. The number of nitrogens with zero attached hydrogens (tertiary/aromatic N) is 3. The highest BCUT2D eigenvalue weighted by Gasteiger charge is 2.56. The molecule has 2 aromatic rings. The van der Waals surface area contributed by atoms with Gasteiger partial charge in [-0.1, -0.05) is 32.4 Å². The smallest absolute Gasteiger partial charge is 0.288 e. The van der Waals surface area contributed by atoms with E-state index in [0.717, 1.165) is 16.7 Å². The van der Waals surface area contributed by atoms with Crippen molar-refractivity contribution in [1.82, 2.24) is 14.8 Å². The largest absolute Gasteiger partial charge is 0.379 e. The molecule has 0 aromatic carbocycles. The van der Waals surface area contributed by atoms with Crippen LogP contribution in [0, 0.1) is 30.1 Å². The van der Waals surface area contributed by atoms with E-state index in [9.17, 15) is 9.59 Å². The number of amides is 1. The topological polar surface area (TPSA) is 88.9 Å². The molecule has 2 heterocycles. The fraction of sp³-hybridized carbons (Fsp3) is 0.545. The van der Waals surface area contributed by atoms with Crippen LogP contribution in [0.2, 0.25) is 5.02 Å². The van der Waals surface area contributed by atoms with Gasteiger partial charge in [-0.15, -0.1) is 0 Å². The Morgan fingerprint density at radius 3 is 2.73 bits per heavy atom. The number of fused-ring (bicyclic) bond motifs is 2. The molecular formula is C22H28ClN5O2. The Morgan fingerprint density at radius 1 is 1.30 bits per heavy atom. The van der Waals surface area contributed by atoms with E-state index in [1.165, 1.54) is 6.42 Å². The van der Waals surface area contributed by atoms with Crippen LogP contribution in [-0.4, -0.2) is 26.7 Å². The highest BCUT2D eigenvalue weighted by Crippen LogP contribution is 2.61. The van der Waals surface area contributed by atoms with E-state index in [-0.39, 0.29) is 23.5 Å². The molecule has 7 nitrogen and oxygen atoms in total. The van der Waals surface area contributed by atoms with Gasteiger partial charge < -0.3 is 10.6 Å². The molecule has 1 amide bonds. The molecule has 4 atom stereocenters. The SMILES string of the molecule is Cc1ccncc1NC(=O)Cn1ncc(N[C@@H]2C[C@@H]3C[C@H]([C@H]2C)C3(C)C)c(Cl)c1=O. The lowest BCUT2D eigenvalue weighted by atomic mass is 9.45. The summed E-state index contributed by atoms with van der Waals surface area (Å²) in [4.78, 5) is 29.0. The van der Waals surface area contributed by atoms with Gasteiger partial charge in [0, 0.05) is 12.2 Å². The second-order valence-electron chi connectivity index (χ2n) is 9.28. The number of nitrogens with one attached hydrogen (secondary N) is 2. The summed E-state index contributed by atoms with van der Waals surface area (Å²) in [7, 11) is 0. The van der Waals surface area contributed by atoms with E-state index in [2.05, 4.69) is 41.5 Å².